The predicted octanol–water partition coefficient (Wildman–Crippen LogP) is 6.98. The topological polar surface area (TPSA) is 52.6 Å². The molecule has 0 heterocycles. The number of hydrogen-bond acceptors (Lipinski definition) is 4. The third kappa shape index (κ3) is 7.07. The van der Waals surface area contributed by atoms with Gasteiger partial charge in [0, 0.05) is 5.56 Å². The minimum Gasteiger partial charge on any atom is -0.353 e. The standard InChI is InChI=1S/C24H34O4S/c1-5-7-13-19(3)22-17-12-18-23(24(22)20(4)14-8-6-2)28-29(25,26)27-21-15-10-9-11-16-21/h9-12,15-20H,5-8,13-14H2,1-4H3. The first-order chi connectivity index (χ1) is 13.9. The van der Waals surface area contributed by atoms with Crippen LogP contribution in [-0.4, -0.2) is 8.42 Å². The largest absolute Gasteiger partial charge is 0.500 e. The fraction of sp³-hybridized carbons (Fsp3) is 0.500. The number of unbranched alkanes of at least 4 members (excludes halogenated alkanes) is 2. The summed E-state index contributed by atoms with van der Waals surface area (Å²) in [5.74, 6) is 1.17. The van der Waals surface area contributed by atoms with E-state index in [4.69, 9.17) is 8.37 Å². The SMILES string of the molecule is CCCCC(C)c1cccc(OS(=O)(=O)Oc2ccccc2)c1C(C)CCCC. The molecule has 0 N–H and O–H groups in total. The van der Waals surface area contributed by atoms with Crippen LogP contribution in [0.25, 0.3) is 0 Å². The summed E-state index contributed by atoms with van der Waals surface area (Å²) < 4.78 is 35.8. The van der Waals surface area contributed by atoms with Gasteiger partial charge < -0.3 is 8.37 Å². The molecule has 0 amide bonds. The van der Waals surface area contributed by atoms with Crippen molar-refractivity contribution in [3.63, 3.8) is 0 Å². The molecule has 0 saturated carbocycles. The molecular weight excluding hydrogens is 384 g/mol. The predicted molar refractivity (Wildman–Crippen MR) is 119 cm³/mol. The molecule has 0 saturated heterocycles. The maximum atomic E-state index is 12.6. The average molecular weight is 419 g/mol. The van der Waals surface area contributed by atoms with Crippen LogP contribution in [0, 0.1) is 0 Å². The van der Waals surface area contributed by atoms with Gasteiger partial charge in [-0.25, -0.2) is 0 Å². The van der Waals surface area contributed by atoms with E-state index in [0.29, 0.717) is 11.7 Å². The molecule has 0 aliphatic heterocycles. The van der Waals surface area contributed by atoms with Gasteiger partial charge in [-0.1, -0.05) is 83.7 Å². The first kappa shape index (κ1) is 23.3. The van der Waals surface area contributed by atoms with Crippen molar-refractivity contribution in [3.8, 4) is 11.5 Å². The molecule has 2 rings (SSSR count). The maximum absolute atomic E-state index is 12.6. The van der Waals surface area contributed by atoms with E-state index in [0.717, 1.165) is 44.1 Å². The van der Waals surface area contributed by atoms with Crippen molar-refractivity contribution in [2.45, 2.75) is 78.1 Å². The van der Waals surface area contributed by atoms with Crippen LogP contribution in [0.15, 0.2) is 48.5 Å². The van der Waals surface area contributed by atoms with Gasteiger partial charge in [-0.15, -0.1) is 8.42 Å². The maximum Gasteiger partial charge on any atom is 0.500 e. The van der Waals surface area contributed by atoms with Gasteiger partial charge in [0.15, 0.2) is 0 Å². The first-order valence-corrected chi connectivity index (χ1v) is 12.0. The van der Waals surface area contributed by atoms with E-state index in [1.807, 2.05) is 6.07 Å². The van der Waals surface area contributed by atoms with Crippen LogP contribution in [0.5, 0.6) is 11.5 Å². The van der Waals surface area contributed by atoms with Gasteiger partial charge in [0.05, 0.1) is 0 Å². The summed E-state index contributed by atoms with van der Waals surface area (Å²) in [5.41, 5.74) is 2.17. The van der Waals surface area contributed by atoms with Crippen LogP contribution in [0.3, 0.4) is 0 Å². The van der Waals surface area contributed by atoms with E-state index in [9.17, 15) is 8.42 Å². The highest BCUT2D eigenvalue weighted by atomic mass is 32.3. The highest BCUT2D eigenvalue weighted by molar-refractivity contribution is 7.82. The van der Waals surface area contributed by atoms with E-state index < -0.39 is 10.4 Å². The molecule has 2 atom stereocenters. The highest BCUT2D eigenvalue weighted by Crippen LogP contribution is 2.38. The lowest BCUT2D eigenvalue weighted by Gasteiger charge is -2.23. The van der Waals surface area contributed by atoms with Gasteiger partial charge in [-0.2, -0.15) is 0 Å². The van der Waals surface area contributed by atoms with Crippen LogP contribution in [0.4, 0.5) is 0 Å². The summed E-state index contributed by atoms with van der Waals surface area (Å²) >= 11 is 0. The summed E-state index contributed by atoms with van der Waals surface area (Å²) in [4.78, 5) is 0. The van der Waals surface area contributed by atoms with Crippen molar-refractivity contribution in [1.29, 1.82) is 0 Å². The van der Waals surface area contributed by atoms with Crippen molar-refractivity contribution in [2.75, 3.05) is 0 Å². The average Bonchev–Trinajstić information content (AvgIpc) is 2.70. The van der Waals surface area contributed by atoms with Gasteiger partial charge in [0.25, 0.3) is 0 Å². The Morgan fingerprint density at radius 1 is 0.793 bits per heavy atom. The smallest absolute Gasteiger partial charge is 0.353 e. The summed E-state index contributed by atoms with van der Waals surface area (Å²) in [6.07, 6.45) is 6.53. The zero-order chi connectivity index (χ0) is 21.3. The molecule has 0 aromatic heterocycles. The fourth-order valence-corrected chi connectivity index (χ4v) is 4.38. The van der Waals surface area contributed by atoms with Crippen molar-refractivity contribution in [3.05, 3.63) is 59.7 Å². The molecule has 0 bridgehead atoms. The Hall–Kier alpha value is -2.01. The monoisotopic (exact) mass is 418 g/mol. The molecule has 2 unspecified atom stereocenters. The molecule has 0 fully saturated rings. The van der Waals surface area contributed by atoms with E-state index in [1.54, 1.807) is 36.4 Å². The Bertz CT molecular complexity index is 846. The first-order valence-electron chi connectivity index (χ1n) is 10.7. The normalized spacial score (nSPS) is 13.7. The third-order valence-corrected chi connectivity index (χ3v) is 6.02. The van der Waals surface area contributed by atoms with E-state index >= 15 is 0 Å². The molecule has 0 radical (unpaired) electrons. The highest BCUT2D eigenvalue weighted by Gasteiger charge is 2.24. The minimum atomic E-state index is -4.22. The molecule has 5 heteroatoms. The number of hydrogen-bond donors (Lipinski definition) is 0. The third-order valence-electron chi connectivity index (χ3n) is 5.24. The second kappa shape index (κ2) is 11.2. The van der Waals surface area contributed by atoms with Crippen molar-refractivity contribution >= 4 is 10.4 Å². The summed E-state index contributed by atoms with van der Waals surface area (Å²) in [5, 5.41) is 0. The second-order valence-corrected chi connectivity index (χ2v) is 8.88. The minimum absolute atomic E-state index is 0.206. The van der Waals surface area contributed by atoms with Crippen LogP contribution in [0.2, 0.25) is 0 Å². The molecule has 29 heavy (non-hydrogen) atoms. The number of rotatable bonds is 12. The molecule has 2 aromatic carbocycles. The van der Waals surface area contributed by atoms with Crippen molar-refractivity contribution in [1.82, 2.24) is 0 Å². The lowest BCUT2D eigenvalue weighted by atomic mass is 9.84. The van der Waals surface area contributed by atoms with Crippen LogP contribution in [-0.2, 0) is 10.4 Å². The molecule has 2 aromatic rings. The molecule has 4 nitrogen and oxygen atoms in total. The Labute approximate surface area is 176 Å². The fourth-order valence-electron chi connectivity index (χ4n) is 3.63. The number of para-hydroxylation sites is 1. The zero-order valence-electron chi connectivity index (χ0n) is 18.1. The Balaban J connectivity index is 2.36. The summed E-state index contributed by atoms with van der Waals surface area (Å²) in [6.45, 7) is 8.71. The molecule has 0 aliphatic rings. The molecular formula is C24H34O4S. The van der Waals surface area contributed by atoms with Crippen LogP contribution >= 0.6 is 0 Å². The van der Waals surface area contributed by atoms with Gasteiger partial charge in [-0.3, -0.25) is 0 Å². The second-order valence-electron chi connectivity index (χ2n) is 7.73. The Kier molecular flexibility index (Phi) is 9.02. The van der Waals surface area contributed by atoms with Crippen molar-refractivity contribution in [2.24, 2.45) is 0 Å². The van der Waals surface area contributed by atoms with Crippen molar-refractivity contribution < 1.29 is 16.8 Å². The van der Waals surface area contributed by atoms with E-state index in [-0.39, 0.29) is 11.7 Å². The van der Waals surface area contributed by atoms with Gasteiger partial charge in [0.2, 0.25) is 0 Å². The molecule has 0 spiro atoms. The van der Waals surface area contributed by atoms with Gasteiger partial charge >= 0.3 is 10.4 Å². The lowest BCUT2D eigenvalue weighted by molar-refractivity contribution is 0.388. The van der Waals surface area contributed by atoms with Gasteiger partial charge in [0.1, 0.15) is 11.5 Å². The van der Waals surface area contributed by atoms with Gasteiger partial charge in [-0.05, 0) is 48.4 Å². The Morgan fingerprint density at radius 2 is 1.41 bits per heavy atom. The molecule has 160 valence electrons. The lowest BCUT2D eigenvalue weighted by Crippen LogP contribution is -2.18. The van der Waals surface area contributed by atoms with Crippen LogP contribution in [0.1, 0.15) is 89.2 Å². The Morgan fingerprint density at radius 3 is 2.03 bits per heavy atom. The van der Waals surface area contributed by atoms with E-state index in [2.05, 4.69) is 33.8 Å². The number of benzene rings is 2. The molecule has 0 aliphatic carbocycles. The van der Waals surface area contributed by atoms with Crippen LogP contribution < -0.4 is 8.37 Å². The summed E-state index contributed by atoms with van der Waals surface area (Å²) in [7, 11) is -4.22. The summed E-state index contributed by atoms with van der Waals surface area (Å²) in [6, 6.07) is 14.1. The zero-order valence-corrected chi connectivity index (χ0v) is 18.9. The quantitative estimate of drug-likeness (QED) is 0.373. The van der Waals surface area contributed by atoms with E-state index in [1.165, 1.54) is 5.56 Å².